The predicted molar refractivity (Wildman–Crippen MR) is 70.8 cm³/mol. The molecule has 19 heavy (non-hydrogen) atoms. The van der Waals surface area contributed by atoms with Gasteiger partial charge in [-0.1, -0.05) is 24.3 Å². The molecule has 1 aromatic carbocycles. The number of benzene rings is 1. The first-order valence-electron chi connectivity index (χ1n) is 5.72. The van der Waals surface area contributed by atoms with Gasteiger partial charge in [-0.2, -0.15) is 4.52 Å². The van der Waals surface area contributed by atoms with Crippen LogP contribution in [0, 0.1) is 6.92 Å². The Bertz CT molecular complexity index is 736. The molecular formula is C13H10ClFN4. The summed E-state index contributed by atoms with van der Waals surface area (Å²) in [5.74, 6) is 0.633. The van der Waals surface area contributed by atoms with Crippen LogP contribution in [0.5, 0.6) is 0 Å². The van der Waals surface area contributed by atoms with E-state index in [4.69, 9.17) is 11.6 Å². The van der Waals surface area contributed by atoms with Crippen LogP contribution >= 0.6 is 11.6 Å². The summed E-state index contributed by atoms with van der Waals surface area (Å²) >= 11 is 6.07. The van der Waals surface area contributed by atoms with Gasteiger partial charge in [0.05, 0.1) is 5.69 Å². The number of hydrogen-bond donors (Lipinski definition) is 0. The third kappa shape index (κ3) is 2.17. The fraction of sp³-hybridized carbons (Fsp3) is 0.154. The highest BCUT2D eigenvalue weighted by Crippen LogP contribution is 2.21. The van der Waals surface area contributed by atoms with Crippen LogP contribution in [0.25, 0.3) is 16.9 Å². The van der Waals surface area contributed by atoms with Gasteiger partial charge in [-0.05, 0) is 24.1 Å². The number of aromatic nitrogens is 4. The summed E-state index contributed by atoms with van der Waals surface area (Å²) in [5, 5.41) is 4.39. The molecule has 0 fully saturated rings. The lowest BCUT2D eigenvalue weighted by molar-refractivity contribution is 0.485. The molecule has 0 saturated heterocycles. The van der Waals surface area contributed by atoms with Gasteiger partial charge >= 0.3 is 0 Å². The van der Waals surface area contributed by atoms with Crippen molar-refractivity contribution in [3.05, 3.63) is 47.0 Å². The lowest BCUT2D eigenvalue weighted by Crippen LogP contribution is -1.95. The Balaban J connectivity index is 2.13. The number of fused-ring (bicyclic) bond motifs is 1. The predicted octanol–water partition coefficient (Wildman–Crippen LogP) is 3.22. The van der Waals surface area contributed by atoms with E-state index in [0.717, 1.165) is 5.56 Å². The van der Waals surface area contributed by atoms with Crippen LogP contribution in [0.15, 0.2) is 30.3 Å². The lowest BCUT2D eigenvalue weighted by atomic mass is 10.1. The Hall–Kier alpha value is -2.01. The van der Waals surface area contributed by atoms with Crippen molar-refractivity contribution in [2.24, 2.45) is 0 Å². The van der Waals surface area contributed by atoms with Crippen molar-refractivity contribution in [3.63, 3.8) is 0 Å². The summed E-state index contributed by atoms with van der Waals surface area (Å²) in [7, 11) is 0. The molecular weight excluding hydrogens is 267 g/mol. The molecule has 0 aliphatic carbocycles. The van der Waals surface area contributed by atoms with Gasteiger partial charge in [-0.15, -0.1) is 5.10 Å². The number of hydrogen-bond acceptors (Lipinski definition) is 3. The van der Waals surface area contributed by atoms with Crippen molar-refractivity contribution >= 4 is 17.2 Å². The molecule has 4 nitrogen and oxygen atoms in total. The minimum atomic E-state index is -0.475. The van der Waals surface area contributed by atoms with Crippen LogP contribution in [0.1, 0.15) is 11.4 Å². The van der Waals surface area contributed by atoms with Crippen molar-refractivity contribution in [2.45, 2.75) is 13.6 Å². The molecule has 6 heteroatoms. The normalized spacial score (nSPS) is 11.1. The third-order valence-electron chi connectivity index (χ3n) is 2.80. The van der Waals surface area contributed by atoms with Crippen LogP contribution in [0.3, 0.4) is 0 Å². The van der Waals surface area contributed by atoms with Crippen molar-refractivity contribution in [3.8, 4) is 11.3 Å². The Labute approximate surface area is 113 Å². The zero-order valence-electron chi connectivity index (χ0n) is 10.1. The number of aryl methyl sites for hydroxylation is 1. The fourth-order valence-corrected chi connectivity index (χ4v) is 2.09. The van der Waals surface area contributed by atoms with E-state index in [1.807, 2.05) is 12.1 Å². The average Bonchev–Trinajstić information content (AvgIpc) is 2.80. The van der Waals surface area contributed by atoms with Crippen molar-refractivity contribution in [1.82, 2.24) is 19.6 Å². The molecule has 0 N–H and O–H groups in total. The van der Waals surface area contributed by atoms with Crippen LogP contribution in [0.4, 0.5) is 4.39 Å². The van der Waals surface area contributed by atoms with Crippen LogP contribution in [0.2, 0.25) is 5.28 Å². The van der Waals surface area contributed by atoms with Gasteiger partial charge in [0.1, 0.15) is 12.5 Å². The smallest absolute Gasteiger partial charge is 0.226 e. The average molecular weight is 277 g/mol. The van der Waals surface area contributed by atoms with Crippen LogP contribution in [-0.4, -0.2) is 19.6 Å². The Morgan fingerprint density at radius 3 is 2.63 bits per heavy atom. The van der Waals surface area contributed by atoms with E-state index in [9.17, 15) is 4.39 Å². The minimum absolute atomic E-state index is 0.252. The molecule has 0 bridgehead atoms. The van der Waals surface area contributed by atoms with Crippen molar-refractivity contribution in [1.29, 1.82) is 0 Å². The molecule has 0 atom stereocenters. The maximum Gasteiger partial charge on any atom is 0.226 e. The highest BCUT2D eigenvalue weighted by atomic mass is 35.5. The molecule has 0 aliphatic rings. The summed E-state index contributed by atoms with van der Waals surface area (Å²) in [6.07, 6.45) is 0. The van der Waals surface area contributed by atoms with Gasteiger partial charge in [0, 0.05) is 11.6 Å². The van der Waals surface area contributed by atoms with Crippen LogP contribution in [-0.2, 0) is 6.67 Å². The Morgan fingerprint density at radius 1 is 1.21 bits per heavy atom. The van der Waals surface area contributed by atoms with E-state index >= 15 is 0 Å². The SMILES string of the molecule is Cc1nc2cc(-c3ccc(CF)cc3)nc(Cl)n2n1. The Kier molecular flexibility index (Phi) is 2.91. The van der Waals surface area contributed by atoms with Crippen LogP contribution < -0.4 is 0 Å². The van der Waals surface area contributed by atoms with E-state index in [1.54, 1.807) is 25.1 Å². The monoisotopic (exact) mass is 276 g/mol. The van der Waals surface area contributed by atoms with Gasteiger partial charge in [0.15, 0.2) is 5.65 Å². The molecule has 0 amide bonds. The second-order valence-corrected chi connectivity index (χ2v) is 4.51. The first-order chi connectivity index (χ1) is 9.17. The van der Waals surface area contributed by atoms with E-state index < -0.39 is 6.67 Å². The number of alkyl halides is 1. The molecule has 0 aliphatic heterocycles. The summed E-state index contributed by atoms with van der Waals surface area (Å²) in [6.45, 7) is 1.32. The molecule has 0 unspecified atom stereocenters. The Morgan fingerprint density at radius 2 is 1.95 bits per heavy atom. The molecule has 0 radical (unpaired) electrons. The molecule has 0 spiro atoms. The first-order valence-corrected chi connectivity index (χ1v) is 6.10. The van der Waals surface area contributed by atoms with Gasteiger partial charge < -0.3 is 0 Å². The summed E-state index contributed by atoms with van der Waals surface area (Å²) in [6, 6.07) is 8.88. The summed E-state index contributed by atoms with van der Waals surface area (Å²) in [4.78, 5) is 8.53. The maximum atomic E-state index is 12.5. The zero-order chi connectivity index (χ0) is 13.4. The van der Waals surface area contributed by atoms with E-state index in [2.05, 4.69) is 15.1 Å². The van der Waals surface area contributed by atoms with Gasteiger partial charge in [-0.3, -0.25) is 0 Å². The highest BCUT2D eigenvalue weighted by Gasteiger charge is 2.09. The second-order valence-electron chi connectivity index (χ2n) is 4.17. The van der Waals surface area contributed by atoms with E-state index in [0.29, 0.717) is 22.7 Å². The fourth-order valence-electron chi connectivity index (χ4n) is 1.87. The van der Waals surface area contributed by atoms with Gasteiger partial charge in [0.25, 0.3) is 0 Å². The zero-order valence-corrected chi connectivity index (χ0v) is 10.9. The van der Waals surface area contributed by atoms with Crippen molar-refractivity contribution < 1.29 is 4.39 Å². The first kappa shape index (κ1) is 12.0. The van der Waals surface area contributed by atoms with Gasteiger partial charge in [-0.25, -0.2) is 14.4 Å². The van der Waals surface area contributed by atoms with Crippen molar-refractivity contribution in [2.75, 3.05) is 0 Å². The molecule has 3 rings (SSSR count). The number of rotatable bonds is 2. The summed E-state index contributed by atoms with van der Waals surface area (Å²) < 4.78 is 14.0. The number of nitrogens with zero attached hydrogens (tertiary/aromatic N) is 4. The molecule has 96 valence electrons. The van der Waals surface area contributed by atoms with E-state index in [-0.39, 0.29) is 5.28 Å². The molecule has 3 aromatic rings. The largest absolute Gasteiger partial charge is 0.246 e. The second kappa shape index (κ2) is 4.59. The lowest BCUT2D eigenvalue weighted by Gasteiger charge is -2.03. The molecule has 2 heterocycles. The maximum absolute atomic E-state index is 12.5. The standard InChI is InChI=1S/C13H10ClFN4/c1-8-16-12-6-11(17-13(14)19(12)18-8)10-4-2-9(7-15)3-5-10/h2-6H,7H2,1H3. The molecule has 2 aromatic heterocycles. The quantitative estimate of drug-likeness (QED) is 0.675. The third-order valence-corrected chi connectivity index (χ3v) is 3.04. The highest BCUT2D eigenvalue weighted by molar-refractivity contribution is 6.28. The number of halogens is 2. The van der Waals surface area contributed by atoms with Gasteiger partial charge in [0.2, 0.25) is 5.28 Å². The molecule has 0 saturated carbocycles. The van der Waals surface area contributed by atoms with E-state index in [1.165, 1.54) is 4.52 Å². The minimum Gasteiger partial charge on any atom is -0.246 e. The summed E-state index contributed by atoms with van der Waals surface area (Å²) in [5.41, 5.74) is 2.83. The topological polar surface area (TPSA) is 43.1 Å².